The molecule has 0 aromatic heterocycles. The number of hydrogen-bond acceptors (Lipinski definition) is 8. The second-order valence-electron chi connectivity index (χ2n) is 4.45. The van der Waals surface area contributed by atoms with E-state index in [1.807, 2.05) is 0 Å². The van der Waals surface area contributed by atoms with Crippen LogP contribution in [0.1, 0.15) is 27.7 Å². The first-order chi connectivity index (χ1) is 9.22. The van der Waals surface area contributed by atoms with Gasteiger partial charge in [-0.25, -0.2) is 0 Å². The van der Waals surface area contributed by atoms with Gasteiger partial charge in [-0.05, 0) is 6.92 Å². The lowest BCUT2D eigenvalue weighted by molar-refractivity contribution is -0.176. The summed E-state index contributed by atoms with van der Waals surface area (Å²) in [5, 5.41) is 9.74. The van der Waals surface area contributed by atoms with E-state index < -0.39 is 48.6 Å². The number of aliphatic hydroxyl groups is 1. The summed E-state index contributed by atoms with van der Waals surface area (Å²) in [6, 6.07) is 0. The Morgan fingerprint density at radius 2 is 1.50 bits per heavy atom. The molecule has 8 nitrogen and oxygen atoms in total. The third-order valence-electron chi connectivity index (χ3n) is 2.64. The monoisotopic (exact) mass is 290 g/mol. The van der Waals surface area contributed by atoms with Gasteiger partial charge in [-0.1, -0.05) is 0 Å². The van der Waals surface area contributed by atoms with Crippen LogP contribution in [0.15, 0.2) is 0 Å². The van der Waals surface area contributed by atoms with Crippen molar-refractivity contribution >= 4 is 17.9 Å². The van der Waals surface area contributed by atoms with Crippen molar-refractivity contribution in [1.82, 2.24) is 0 Å². The van der Waals surface area contributed by atoms with Crippen LogP contribution < -0.4 is 0 Å². The molecule has 8 heteroatoms. The normalized spacial score (nSPS) is 30.4. The van der Waals surface area contributed by atoms with Crippen molar-refractivity contribution in [3.05, 3.63) is 0 Å². The van der Waals surface area contributed by atoms with Crippen LogP contribution in [-0.4, -0.2) is 53.7 Å². The van der Waals surface area contributed by atoms with Crippen LogP contribution in [0.2, 0.25) is 0 Å². The van der Waals surface area contributed by atoms with Crippen LogP contribution in [0.25, 0.3) is 0 Å². The lowest BCUT2D eigenvalue weighted by Gasteiger charge is -2.25. The van der Waals surface area contributed by atoms with Crippen molar-refractivity contribution in [3.63, 3.8) is 0 Å². The highest BCUT2D eigenvalue weighted by atomic mass is 16.7. The Balaban J connectivity index is 2.89. The summed E-state index contributed by atoms with van der Waals surface area (Å²) in [4.78, 5) is 33.1. The first kappa shape index (κ1) is 16.4. The summed E-state index contributed by atoms with van der Waals surface area (Å²) in [6.07, 6.45) is -5.40. The van der Waals surface area contributed by atoms with Crippen molar-refractivity contribution in [2.45, 2.75) is 58.4 Å². The first-order valence-electron chi connectivity index (χ1n) is 6.07. The lowest BCUT2D eigenvalue weighted by Crippen LogP contribution is -2.44. The molecule has 0 aromatic rings. The highest BCUT2D eigenvalue weighted by Gasteiger charge is 2.51. The molecule has 0 aliphatic carbocycles. The average molecular weight is 290 g/mol. The van der Waals surface area contributed by atoms with Gasteiger partial charge in [0.1, 0.15) is 12.2 Å². The van der Waals surface area contributed by atoms with Gasteiger partial charge in [-0.3, -0.25) is 14.4 Å². The minimum absolute atomic E-state index is 0.548. The Kier molecular flexibility index (Phi) is 5.46. The summed E-state index contributed by atoms with van der Waals surface area (Å²) in [6.45, 7) is 5.06. The molecule has 1 rings (SSSR count). The number of aliphatic hydroxyl groups excluding tert-OH is 1. The zero-order chi connectivity index (χ0) is 15.4. The van der Waals surface area contributed by atoms with E-state index in [4.69, 9.17) is 18.9 Å². The fourth-order valence-corrected chi connectivity index (χ4v) is 2.01. The second-order valence-corrected chi connectivity index (χ2v) is 4.45. The molecule has 0 unspecified atom stereocenters. The van der Waals surface area contributed by atoms with Gasteiger partial charge in [-0.2, -0.15) is 0 Å². The van der Waals surface area contributed by atoms with Crippen LogP contribution >= 0.6 is 0 Å². The topological polar surface area (TPSA) is 108 Å². The van der Waals surface area contributed by atoms with E-state index in [9.17, 15) is 19.5 Å². The molecule has 20 heavy (non-hydrogen) atoms. The summed E-state index contributed by atoms with van der Waals surface area (Å²) >= 11 is 0. The summed E-state index contributed by atoms with van der Waals surface area (Å²) in [5.41, 5.74) is 0. The van der Waals surface area contributed by atoms with E-state index in [0.29, 0.717) is 0 Å². The molecule has 1 aliphatic rings. The lowest BCUT2D eigenvalue weighted by atomic mass is 10.1. The van der Waals surface area contributed by atoms with Crippen LogP contribution in [0.5, 0.6) is 0 Å². The molecule has 0 amide bonds. The summed E-state index contributed by atoms with van der Waals surface area (Å²) in [5.74, 6) is -1.84. The molecule has 1 saturated heterocycles. The third-order valence-corrected chi connectivity index (χ3v) is 2.64. The molecule has 0 aromatic carbocycles. The average Bonchev–Trinajstić information content (AvgIpc) is 2.55. The molecule has 1 aliphatic heterocycles. The van der Waals surface area contributed by atoms with E-state index in [1.54, 1.807) is 0 Å². The van der Waals surface area contributed by atoms with Gasteiger partial charge in [0, 0.05) is 20.8 Å². The van der Waals surface area contributed by atoms with Crippen LogP contribution in [0.3, 0.4) is 0 Å². The van der Waals surface area contributed by atoms with Gasteiger partial charge in [-0.15, -0.1) is 0 Å². The number of carbonyl (C=O) groups excluding carboxylic acids is 3. The molecule has 0 saturated carbocycles. The van der Waals surface area contributed by atoms with Gasteiger partial charge < -0.3 is 24.1 Å². The van der Waals surface area contributed by atoms with E-state index in [-0.39, 0.29) is 0 Å². The maximum Gasteiger partial charge on any atom is 0.303 e. The summed E-state index contributed by atoms with van der Waals surface area (Å²) in [7, 11) is 0. The Hall–Kier alpha value is -1.67. The molecule has 114 valence electrons. The van der Waals surface area contributed by atoms with Gasteiger partial charge >= 0.3 is 17.9 Å². The molecule has 0 spiro atoms. The first-order valence-corrected chi connectivity index (χ1v) is 6.07. The quantitative estimate of drug-likeness (QED) is 0.546. The number of carbonyl (C=O) groups is 3. The standard InChI is InChI=1S/C12H18O8/c1-5(17-6(2)13)9-10(18-7(3)14)11(12(16)20-9)19-8(4)15/h5,9-12,16H,1-4H3/t5-,9-,10-,11-,12-/m1/s1. The second kappa shape index (κ2) is 6.67. The predicted octanol–water partition coefficient (Wildman–Crippen LogP) is -0.481. The predicted molar refractivity (Wildman–Crippen MR) is 63.2 cm³/mol. The van der Waals surface area contributed by atoms with Crippen molar-refractivity contribution in [3.8, 4) is 0 Å². The maximum absolute atomic E-state index is 11.1. The van der Waals surface area contributed by atoms with Gasteiger partial charge in [0.15, 0.2) is 18.5 Å². The van der Waals surface area contributed by atoms with Crippen molar-refractivity contribution in [1.29, 1.82) is 0 Å². The molecule has 1 heterocycles. The number of rotatable bonds is 4. The minimum atomic E-state index is -1.47. The summed E-state index contributed by atoms with van der Waals surface area (Å²) < 4.78 is 20.0. The SMILES string of the molecule is CC(=O)O[C@H]1[C@@H](OC(C)=O)[C@H](O)O[C@@H]1[C@@H](C)OC(C)=O. The number of esters is 3. The van der Waals surface area contributed by atoms with Gasteiger partial charge in [0.05, 0.1) is 0 Å². The largest absolute Gasteiger partial charge is 0.460 e. The molecule has 1 fully saturated rings. The maximum atomic E-state index is 11.1. The fraction of sp³-hybridized carbons (Fsp3) is 0.750. The van der Waals surface area contributed by atoms with E-state index in [1.165, 1.54) is 20.8 Å². The van der Waals surface area contributed by atoms with E-state index >= 15 is 0 Å². The van der Waals surface area contributed by atoms with E-state index in [2.05, 4.69) is 0 Å². The molecule has 0 bridgehead atoms. The van der Waals surface area contributed by atoms with Crippen LogP contribution in [0, 0.1) is 0 Å². The van der Waals surface area contributed by atoms with Crippen molar-refractivity contribution in [2.75, 3.05) is 0 Å². The number of hydrogen-bond donors (Lipinski definition) is 1. The Labute approximate surface area is 115 Å². The Morgan fingerprint density at radius 1 is 1.00 bits per heavy atom. The van der Waals surface area contributed by atoms with Crippen molar-refractivity contribution in [2.24, 2.45) is 0 Å². The zero-order valence-electron chi connectivity index (χ0n) is 11.7. The minimum Gasteiger partial charge on any atom is -0.460 e. The molecule has 1 N–H and O–H groups in total. The molecular weight excluding hydrogens is 272 g/mol. The zero-order valence-corrected chi connectivity index (χ0v) is 11.7. The van der Waals surface area contributed by atoms with Gasteiger partial charge in [0.2, 0.25) is 0 Å². The van der Waals surface area contributed by atoms with Crippen LogP contribution in [0.4, 0.5) is 0 Å². The highest BCUT2D eigenvalue weighted by molar-refractivity contribution is 5.68. The fourth-order valence-electron chi connectivity index (χ4n) is 2.01. The molecule has 5 atom stereocenters. The Bertz CT molecular complexity index is 393. The van der Waals surface area contributed by atoms with Crippen LogP contribution in [-0.2, 0) is 33.3 Å². The Morgan fingerprint density at radius 3 is 1.95 bits per heavy atom. The van der Waals surface area contributed by atoms with Crippen molar-refractivity contribution < 1.29 is 38.4 Å². The smallest absolute Gasteiger partial charge is 0.303 e. The molecular formula is C12H18O8. The highest BCUT2D eigenvalue weighted by Crippen LogP contribution is 2.29. The molecule has 0 radical (unpaired) electrons. The number of ether oxygens (including phenoxy) is 4. The van der Waals surface area contributed by atoms with E-state index in [0.717, 1.165) is 6.92 Å². The van der Waals surface area contributed by atoms with Gasteiger partial charge in [0.25, 0.3) is 0 Å². The third kappa shape index (κ3) is 4.17.